The lowest BCUT2D eigenvalue weighted by molar-refractivity contribution is -0.129. The van der Waals surface area contributed by atoms with Crippen molar-refractivity contribution in [1.82, 2.24) is 15.5 Å². The molecule has 1 aliphatic rings. The van der Waals surface area contributed by atoms with Crippen LogP contribution in [-0.4, -0.2) is 42.9 Å². The maximum Gasteiger partial charge on any atom is 0.222 e. The van der Waals surface area contributed by atoms with Crippen molar-refractivity contribution in [2.75, 3.05) is 20.1 Å². The highest BCUT2D eigenvalue weighted by Crippen LogP contribution is 2.17. The van der Waals surface area contributed by atoms with Crippen molar-refractivity contribution < 1.29 is 4.79 Å². The highest BCUT2D eigenvalue weighted by molar-refractivity contribution is 5.80. The first-order valence-corrected chi connectivity index (χ1v) is 9.50. The third kappa shape index (κ3) is 5.48. The van der Waals surface area contributed by atoms with Gasteiger partial charge in [-0.05, 0) is 36.8 Å². The molecule has 0 saturated carbocycles. The van der Waals surface area contributed by atoms with Gasteiger partial charge in [-0.15, -0.1) is 0 Å². The van der Waals surface area contributed by atoms with E-state index in [1.54, 1.807) is 7.05 Å². The molecule has 2 N–H and O–H groups in total. The fourth-order valence-electron chi connectivity index (χ4n) is 3.47. The normalized spacial score (nSPS) is 16.2. The van der Waals surface area contributed by atoms with Gasteiger partial charge in [-0.2, -0.15) is 0 Å². The monoisotopic (exact) mass is 344 g/mol. The smallest absolute Gasteiger partial charge is 0.222 e. The highest BCUT2D eigenvalue weighted by Gasteiger charge is 2.26. The van der Waals surface area contributed by atoms with E-state index in [0.717, 1.165) is 51.3 Å². The third-order valence-corrected chi connectivity index (χ3v) is 4.96. The molecule has 1 atom stereocenters. The Bertz CT molecular complexity index is 585. The first kappa shape index (κ1) is 19.3. The molecule has 0 spiro atoms. The average Bonchev–Trinajstić information content (AvgIpc) is 3.07. The van der Waals surface area contributed by atoms with Crippen LogP contribution in [0.25, 0.3) is 0 Å². The SMILES string of the molecule is CCc1ccccc1CNC(=NC)NCCC(CC)N1CCCC1=O. The molecule has 1 aromatic rings. The molecule has 1 saturated heterocycles. The summed E-state index contributed by atoms with van der Waals surface area (Å²) in [5, 5.41) is 6.77. The van der Waals surface area contributed by atoms with E-state index in [1.165, 1.54) is 11.1 Å². The summed E-state index contributed by atoms with van der Waals surface area (Å²) in [4.78, 5) is 18.3. The van der Waals surface area contributed by atoms with Crippen LogP contribution in [0.5, 0.6) is 0 Å². The molecule has 1 fully saturated rings. The van der Waals surface area contributed by atoms with Crippen LogP contribution in [-0.2, 0) is 17.8 Å². The molecule has 1 aromatic carbocycles. The zero-order valence-corrected chi connectivity index (χ0v) is 15.8. The van der Waals surface area contributed by atoms with Crippen molar-refractivity contribution in [2.24, 2.45) is 4.99 Å². The summed E-state index contributed by atoms with van der Waals surface area (Å²) in [5.41, 5.74) is 2.67. The molecule has 1 heterocycles. The van der Waals surface area contributed by atoms with Crippen LogP contribution in [0.15, 0.2) is 29.3 Å². The van der Waals surface area contributed by atoms with Crippen LogP contribution in [0.3, 0.4) is 0 Å². The van der Waals surface area contributed by atoms with Crippen LogP contribution in [0, 0.1) is 0 Å². The van der Waals surface area contributed by atoms with Gasteiger partial charge in [0.15, 0.2) is 5.96 Å². The largest absolute Gasteiger partial charge is 0.356 e. The first-order chi connectivity index (χ1) is 12.2. The van der Waals surface area contributed by atoms with Crippen molar-refractivity contribution in [3.8, 4) is 0 Å². The average molecular weight is 345 g/mol. The van der Waals surface area contributed by atoms with Crippen molar-refractivity contribution >= 4 is 11.9 Å². The molecule has 1 aliphatic heterocycles. The topological polar surface area (TPSA) is 56.7 Å². The Balaban J connectivity index is 1.79. The standard InChI is InChI=1S/C20H32N4O/c1-4-16-9-6-7-10-17(16)15-23-20(21-3)22-13-12-18(5-2)24-14-8-11-19(24)25/h6-7,9-10,18H,4-5,8,11-15H2,1-3H3,(H2,21,22,23). The van der Waals surface area contributed by atoms with Gasteiger partial charge in [0, 0.05) is 39.1 Å². The quantitative estimate of drug-likeness (QED) is 0.563. The fourth-order valence-corrected chi connectivity index (χ4v) is 3.47. The van der Waals surface area contributed by atoms with Crippen LogP contribution in [0.4, 0.5) is 0 Å². The lowest BCUT2D eigenvalue weighted by atomic mass is 10.1. The van der Waals surface area contributed by atoms with E-state index in [0.29, 0.717) is 18.4 Å². The molecule has 25 heavy (non-hydrogen) atoms. The van der Waals surface area contributed by atoms with E-state index in [2.05, 4.69) is 58.6 Å². The van der Waals surface area contributed by atoms with Gasteiger partial charge in [-0.1, -0.05) is 38.1 Å². The second kappa shape index (κ2) is 10.1. The molecule has 5 heteroatoms. The Kier molecular flexibility index (Phi) is 7.76. The van der Waals surface area contributed by atoms with Crippen LogP contribution in [0.2, 0.25) is 0 Å². The summed E-state index contributed by atoms with van der Waals surface area (Å²) in [5.74, 6) is 1.12. The Morgan fingerprint density at radius 1 is 1.24 bits per heavy atom. The summed E-state index contributed by atoms with van der Waals surface area (Å²) in [6.07, 6.45) is 4.70. The molecule has 5 nitrogen and oxygen atoms in total. The van der Waals surface area contributed by atoms with Gasteiger partial charge in [0.05, 0.1) is 0 Å². The number of carbonyl (C=O) groups excluding carboxylic acids is 1. The maximum atomic E-state index is 11.9. The van der Waals surface area contributed by atoms with Gasteiger partial charge in [-0.25, -0.2) is 0 Å². The van der Waals surface area contributed by atoms with Crippen LogP contribution in [0.1, 0.15) is 50.7 Å². The number of benzene rings is 1. The van der Waals surface area contributed by atoms with Gasteiger partial charge in [0.25, 0.3) is 0 Å². The Labute approximate surface area is 151 Å². The summed E-state index contributed by atoms with van der Waals surface area (Å²) in [7, 11) is 1.79. The Morgan fingerprint density at radius 3 is 2.60 bits per heavy atom. The van der Waals surface area contributed by atoms with Gasteiger partial charge in [0.2, 0.25) is 5.91 Å². The molecule has 1 unspecified atom stereocenters. The second-order valence-corrected chi connectivity index (χ2v) is 6.52. The molecule has 1 amide bonds. The first-order valence-electron chi connectivity index (χ1n) is 9.50. The molecule has 0 aliphatic carbocycles. The number of nitrogens with zero attached hydrogens (tertiary/aromatic N) is 2. The van der Waals surface area contributed by atoms with Crippen LogP contribution >= 0.6 is 0 Å². The lowest BCUT2D eigenvalue weighted by Gasteiger charge is -2.27. The molecule has 0 bridgehead atoms. The van der Waals surface area contributed by atoms with E-state index >= 15 is 0 Å². The van der Waals surface area contributed by atoms with Gasteiger partial charge in [0.1, 0.15) is 0 Å². The number of amides is 1. The number of carbonyl (C=O) groups is 1. The predicted molar refractivity (Wildman–Crippen MR) is 104 cm³/mol. The number of likely N-dealkylation sites (tertiary alicyclic amines) is 1. The van der Waals surface area contributed by atoms with Gasteiger partial charge < -0.3 is 15.5 Å². The summed E-state index contributed by atoms with van der Waals surface area (Å²) >= 11 is 0. The fraction of sp³-hybridized carbons (Fsp3) is 0.600. The number of guanidine groups is 1. The number of hydrogen-bond acceptors (Lipinski definition) is 2. The number of rotatable bonds is 8. The zero-order valence-electron chi connectivity index (χ0n) is 15.8. The number of hydrogen-bond donors (Lipinski definition) is 2. The number of aryl methyl sites for hydroxylation is 1. The lowest BCUT2D eigenvalue weighted by Crippen LogP contribution is -2.41. The minimum absolute atomic E-state index is 0.311. The van der Waals surface area contributed by atoms with E-state index in [-0.39, 0.29) is 0 Å². The van der Waals surface area contributed by atoms with Crippen molar-refractivity contribution in [1.29, 1.82) is 0 Å². The van der Waals surface area contributed by atoms with Crippen molar-refractivity contribution in [3.05, 3.63) is 35.4 Å². The molecule has 0 aromatic heterocycles. The zero-order chi connectivity index (χ0) is 18.1. The Morgan fingerprint density at radius 2 is 2.00 bits per heavy atom. The van der Waals surface area contributed by atoms with E-state index in [1.807, 2.05) is 0 Å². The Hall–Kier alpha value is -2.04. The summed E-state index contributed by atoms with van der Waals surface area (Å²) in [6.45, 7) is 6.84. The molecule has 0 radical (unpaired) electrons. The van der Waals surface area contributed by atoms with Gasteiger partial charge in [-0.3, -0.25) is 9.79 Å². The minimum atomic E-state index is 0.311. The van der Waals surface area contributed by atoms with E-state index in [4.69, 9.17) is 0 Å². The summed E-state index contributed by atoms with van der Waals surface area (Å²) < 4.78 is 0. The molecule has 138 valence electrons. The second-order valence-electron chi connectivity index (χ2n) is 6.52. The van der Waals surface area contributed by atoms with Gasteiger partial charge >= 0.3 is 0 Å². The molecular weight excluding hydrogens is 312 g/mol. The summed E-state index contributed by atoms with van der Waals surface area (Å²) in [6, 6.07) is 8.82. The number of aliphatic imine (C=N–C) groups is 1. The maximum absolute atomic E-state index is 11.9. The van der Waals surface area contributed by atoms with Crippen molar-refractivity contribution in [2.45, 2.75) is 58.5 Å². The molecule has 2 rings (SSSR count). The van der Waals surface area contributed by atoms with E-state index < -0.39 is 0 Å². The number of nitrogens with one attached hydrogen (secondary N) is 2. The van der Waals surface area contributed by atoms with E-state index in [9.17, 15) is 4.79 Å². The minimum Gasteiger partial charge on any atom is -0.356 e. The third-order valence-electron chi connectivity index (χ3n) is 4.96. The highest BCUT2D eigenvalue weighted by atomic mass is 16.2. The van der Waals surface area contributed by atoms with Crippen molar-refractivity contribution in [3.63, 3.8) is 0 Å². The van der Waals surface area contributed by atoms with Crippen LogP contribution < -0.4 is 10.6 Å². The predicted octanol–water partition coefficient (Wildman–Crippen LogP) is 2.71. The molecular formula is C20H32N4O.